The highest BCUT2D eigenvalue weighted by atomic mass is 15.2. The molecule has 1 rings (SSSR count). The molecule has 0 bridgehead atoms. The maximum atomic E-state index is 2.71. The lowest BCUT2D eigenvalue weighted by molar-refractivity contribution is 0.100. The largest absolute Gasteiger partial charge is 0.298 e. The molecule has 1 aliphatic heterocycles. The molecule has 2 atom stereocenters. The van der Waals surface area contributed by atoms with Crippen molar-refractivity contribution >= 4 is 0 Å². The molecular weight excluding hydrogens is 170 g/mol. The van der Waals surface area contributed by atoms with E-state index in [0.29, 0.717) is 0 Å². The Bertz CT molecular complexity index is 143. The van der Waals surface area contributed by atoms with Gasteiger partial charge in [-0.05, 0) is 52.0 Å². The smallest absolute Gasteiger partial charge is 0.00697 e. The number of rotatable bonds is 4. The van der Waals surface area contributed by atoms with Crippen LogP contribution in [0.4, 0.5) is 0 Å². The van der Waals surface area contributed by atoms with Crippen molar-refractivity contribution in [1.29, 1.82) is 0 Å². The maximum absolute atomic E-state index is 2.71. The molecule has 1 heteroatoms. The summed E-state index contributed by atoms with van der Waals surface area (Å²) >= 11 is 0. The SMILES string of the molecule is CC(C)CCCN1[C@H](C)CCC[C@@H]1C. The van der Waals surface area contributed by atoms with Gasteiger partial charge >= 0.3 is 0 Å². The van der Waals surface area contributed by atoms with Crippen LogP contribution in [0.2, 0.25) is 0 Å². The fraction of sp³-hybridized carbons (Fsp3) is 1.00. The fourth-order valence-corrected chi connectivity index (χ4v) is 2.60. The molecular formula is C13H27N. The molecule has 1 saturated heterocycles. The molecule has 1 heterocycles. The number of hydrogen-bond donors (Lipinski definition) is 0. The van der Waals surface area contributed by atoms with Crippen molar-refractivity contribution in [1.82, 2.24) is 4.90 Å². The molecule has 1 aliphatic rings. The molecule has 0 aromatic rings. The van der Waals surface area contributed by atoms with Gasteiger partial charge < -0.3 is 0 Å². The Kier molecular flexibility index (Phi) is 4.94. The third-order valence-electron chi connectivity index (χ3n) is 3.57. The topological polar surface area (TPSA) is 3.24 Å². The lowest BCUT2D eigenvalue weighted by Crippen LogP contribution is -2.44. The van der Waals surface area contributed by atoms with Crippen LogP contribution in [0, 0.1) is 5.92 Å². The van der Waals surface area contributed by atoms with Gasteiger partial charge in [0.05, 0.1) is 0 Å². The fourth-order valence-electron chi connectivity index (χ4n) is 2.60. The third-order valence-corrected chi connectivity index (χ3v) is 3.57. The number of likely N-dealkylation sites (tertiary alicyclic amines) is 1. The van der Waals surface area contributed by atoms with Gasteiger partial charge in [-0.1, -0.05) is 20.3 Å². The van der Waals surface area contributed by atoms with Gasteiger partial charge in [-0.15, -0.1) is 0 Å². The molecule has 84 valence electrons. The summed E-state index contributed by atoms with van der Waals surface area (Å²) in [6.45, 7) is 10.8. The monoisotopic (exact) mass is 197 g/mol. The Morgan fingerprint density at radius 3 is 2.21 bits per heavy atom. The van der Waals surface area contributed by atoms with Crippen LogP contribution in [-0.2, 0) is 0 Å². The van der Waals surface area contributed by atoms with Gasteiger partial charge in [0.15, 0.2) is 0 Å². The Balaban J connectivity index is 2.26. The normalized spacial score (nSPS) is 29.8. The van der Waals surface area contributed by atoms with Gasteiger partial charge in [-0.25, -0.2) is 0 Å². The zero-order valence-electron chi connectivity index (χ0n) is 10.4. The third kappa shape index (κ3) is 3.61. The van der Waals surface area contributed by atoms with Gasteiger partial charge in [-0.3, -0.25) is 4.90 Å². The Morgan fingerprint density at radius 1 is 1.14 bits per heavy atom. The van der Waals surface area contributed by atoms with Crippen molar-refractivity contribution in [2.75, 3.05) is 6.54 Å². The molecule has 0 aliphatic carbocycles. The van der Waals surface area contributed by atoms with E-state index in [1.165, 1.54) is 38.6 Å². The highest BCUT2D eigenvalue weighted by molar-refractivity contribution is 4.79. The van der Waals surface area contributed by atoms with Crippen LogP contribution < -0.4 is 0 Å². The summed E-state index contributed by atoms with van der Waals surface area (Å²) in [7, 11) is 0. The van der Waals surface area contributed by atoms with Crippen LogP contribution in [0.15, 0.2) is 0 Å². The summed E-state index contributed by atoms with van der Waals surface area (Å²) < 4.78 is 0. The summed E-state index contributed by atoms with van der Waals surface area (Å²) in [6.07, 6.45) is 7.02. The van der Waals surface area contributed by atoms with Crippen LogP contribution in [0.25, 0.3) is 0 Å². The molecule has 0 unspecified atom stereocenters. The molecule has 0 radical (unpaired) electrons. The van der Waals surface area contributed by atoms with E-state index in [4.69, 9.17) is 0 Å². The quantitative estimate of drug-likeness (QED) is 0.664. The second kappa shape index (κ2) is 5.75. The average molecular weight is 197 g/mol. The highest BCUT2D eigenvalue weighted by Gasteiger charge is 2.23. The Morgan fingerprint density at radius 2 is 1.71 bits per heavy atom. The number of piperidine rings is 1. The lowest BCUT2D eigenvalue weighted by atomic mass is 9.96. The van der Waals surface area contributed by atoms with E-state index in [9.17, 15) is 0 Å². The molecule has 0 aromatic carbocycles. The highest BCUT2D eigenvalue weighted by Crippen LogP contribution is 2.23. The molecule has 0 spiro atoms. The van der Waals surface area contributed by atoms with Crippen molar-refractivity contribution in [3.05, 3.63) is 0 Å². The first kappa shape index (κ1) is 12.0. The van der Waals surface area contributed by atoms with Crippen LogP contribution in [0.5, 0.6) is 0 Å². The van der Waals surface area contributed by atoms with E-state index >= 15 is 0 Å². The standard InChI is InChI=1S/C13H27N/c1-11(2)7-6-10-14-12(3)8-5-9-13(14)4/h11-13H,5-10H2,1-4H3/t12-,13+. The summed E-state index contributed by atoms with van der Waals surface area (Å²) in [6, 6.07) is 1.65. The van der Waals surface area contributed by atoms with Gasteiger partial charge in [0, 0.05) is 12.1 Å². The molecule has 1 fully saturated rings. The van der Waals surface area contributed by atoms with Crippen molar-refractivity contribution in [2.45, 2.75) is 71.9 Å². The van der Waals surface area contributed by atoms with Crippen LogP contribution in [0.3, 0.4) is 0 Å². The van der Waals surface area contributed by atoms with E-state index in [1.807, 2.05) is 0 Å². The van der Waals surface area contributed by atoms with E-state index in [2.05, 4.69) is 32.6 Å². The minimum atomic E-state index is 0.825. The van der Waals surface area contributed by atoms with E-state index in [1.54, 1.807) is 0 Å². The zero-order valence-corrected chi connectivity index (χ0v) is 10.4. The van der Waals surface area contributed by atoms with E-state index in [0.717, 1.165) is 18.0 Å². The molecule has 0 amide bonds. The first-order valence-corrected chi connectivity index (χ1v) is 6.37. The second-order valence-electron chi connectivity index (χ2n) is 5.40. The molecule has 1 nitrogen and oxygen atoms in total. The van der Waals surface area contributed by atoms with Crippen LogP contribution >= 0.6 is 0 Å². The van der Waals surface area contributed by atoms with Gasteiger partial charge in [0.1, 0.15) is 0 Å². The van der Waals surface area contributed by atoms with Crippen molar-refractivity contribution in [3.63, 3.8) is 0 Å². The Hall–Kier alpha value is -0.0400. The lowest BCUT2D eigenvalue weighted by Gasteiger charge is -2.39. The predicted octanol–water partition coefficient (Wildman–Crippen LogP) is 3.69. The summed E-state index contributed by atoms with van der Waals surface area (Å²) in [4.78, 5) is 2.71. The predicted molar refractivity (Wildman–Crippen MR) is 63.6 cm³/mol. The summed E-state index contributed by atoms with van der Waals surface area (Å²) in [5.41, 5.74) is 0. The average Bonchev–Trinajstić information content (AvgIpc) is 2.09. The van der Waals surface area contributed by atoms with Crippen LogP contribution in [-0.4, -0.2) is 23.5 Å². The summed E-state index contributed by atoms with van der Waals surface area (Å²) in [5, 5.41) is 0. The van der Waals surface area contributed by atoms with Crippen molar-refractivity contribution in [3.8, 4) is 0 Å². The minimum absolute atomic E-state index is 0.825. The van der Waals surface area contributed by atoms with Gasteiger partial charge in [-0.2, -0.15) is 0 Å². The van der Waals surface area contributed by atoms with E-state index in [-0.39, 0.29) is 0 Å². The number of hydrogen-bond acceptors (Lipinski definition) is 1. The second-order valence-corrected chi connectivity index (χ2v) is 5.40. The first-order valence-electron chi connectivity index (χ1n) is 6.37. The van der Waals surface area contributed by atoms with Crippen molar-refractivity contribution < 1.29 is 0 Å². The first-order chi connectivity index (χ1) is 6.61. The van der Waals surface area contributed by atoms with Gasteiger partial charge in [0.2, 0.25) is 0 Å². The van der Waals surface area contributed by atoms with Crippen LogP contribution in [0.1, 0.15) is 59.8 Å². The van der Waals surface area contributed by atoms with Crippen molar-refractivity contribution in [2.24, 2.45) is 5.92 Å². The molecule has 14 heavy (non-hydrogen) atoms. The molecule has 0 N–H and O–H groups in total. The maximum Gasteiger partial charge on any atom is 0.00697 e. The zero-order chi connectivity index (χ0) is 10.6. The molecule has 0 aromatic heterocycles. The summed E-state index contributed by atoms with van der Waals surface area (Å²) in [5.74, 6) is 0.866. The van der Waals surface area contributed by atoms with Gasteiger partial charge in [0.25, 0.3) is 0 Å². The Labute approximate surface area is 89.9 Å². The number of nitrogens with zero attached hydrogens (tertiary/aromatic N) is 1. The molecule has 0 saturated carbocycles. The van der Waals surface area contributed by atoms with E-state index < -0.39 is 0 Å². The minimum Gasteiger partial charge on any atom is -0.298 e.